The van der Waals surface area contributed by atoms with Gasteiger partial charge < -0.3 is 9.64 Å². The van der Waals surface area contributed by atoms with Crippen molar-refractivity contribution in [2.75, 3.05) is 19.6 Å². The van der Waals surface area contributed by atoms with Crippen LogP contribution in [0.4, 0.5) is 13.2 Å². The molecule has 4 rings (SSSR count). The maximum absolute atomic E-state index is 12.8. The van der Waals surface area contributed by atoms with E-state index in [-0.39, 0.29) is 11.5 Å². The molecule has 168 valence electrons. The SMILES string of the molecule is C[C@H](Oc1ccc(C(F)(F)F)cc1)C1CCCN(CC2(c3ccc(Cl)cc3)CCC2)C1. The van der Waals surface area contributed by atoms with Crippen LogP contribution in [0.25, 0.3) is 0 Å². The molecule has 1 heterocycles. The van der Waals surface area contributed by atoms with Crippen LogP contribution in [-0.4, -0.2) is 30.6 Å². The van der Waals surface area contributed by atoms with Gasteiger partial charge in [0.1, 0.15) is 5.75 Å². The number of likely N-dealkylation sites (tertiary alicyclic amines) is 1. The van der Waals surface area contributed by atoms with Gasteiger partial charge in [0.25, 0.3) is 0 Å². The van der Waals surface area contributed by atoms with Crippen molar-refractivity contribution in [3.63, 3.8) is 0 Å². The summed E-state index contributed by atoms with van der Waals surface area (Å²) < 4.78 is 44.4. The average Bonchev–Trinajstić information content (AvgIpc) is 2.71. The van der Waals surface area contributed by atoms with E-state index in [1.54, 1.807) is 0 Å². The van der Waals surface area contributed by atoms with Crippen molar-refractivity contribution in [3.05, 3.63) is 64.7 Å². The Morgan fingerprint density at radius 2 is 1.74 bits per heavy atom. The van der Waals surface area contributed by atoms with Crippen LogP contribution in [-0.2, 0) is 11.6 Å². The van der Waals surface area contributed by atoms with E-state index in [0.29, 0.717) is 11.7 Å². The summed E-state index contributed by atoms with van der Waals surface area (Å²) in [6.07, 6.45) is 1.48. The van der Waals surface area contributed by atoms with E-state index in [2.05, 4.69) is 17.0 Å². The van der Waals surface area contributed by atoms with Gasteiger partial charge in [-0.1, -0.05) is 30.2 Å². The molecule has 2 aromatic carbocycles. The van der Waals surface area contributed by atoms with E-state index < -0.39 is 11.7 Å². The van der Waals surface area contributed by atoms with Crippen LogP contribution in [0.1, 0.15) is 50.2 Å². The third-order valence-corrected chi connectivity index (χ3v) is 7.25. The van der Waals surface area contributed by atoms with Gasteiger partial charge in [0, 0.05) is 29.4 Å². The van der Waals surface area contributed by atoms with Crippen molar-refractivity contribution in [3.8, 4) is 5.75 Å². The molecule has 1 saturated heterocycles. The maximum atomic E-state index is 12.8. The predicted molar refractivity (Wildman–Crippen MR) is 118 cm³/mol. The van der Waals surface area contributed by atoms with E-state index in [1.165, 1.54) is 37.0 Å². The van der Waals surface area contributed by atoms with Crippen LogP contribution in [0.15, 0.2) is 48.5 Å². The highest BCUT2D eigenvalue weighted by molar-refractivity contribution is 6.30. The lowest BCUT2D eigenvalue weighted by atomic mass is 9.64. The minimum atomic E-state index is -4.32. The molecule has 6 heteroatoms. The van der Waals surface area contributed by atoms with Crippen LogP contribution < -0.4 is 4.74 Å². The highest BCUT2D eigenvalue weighted by Gasteiger charge is 2.41. The van der Waals surface area contributed by atoms with Crippen LogP contribution in [0, 0.1) is 5.92 Å². The van der Waals surface area contributed by atoms with Crippen LogP contribution in [0.5, 0.6) is 5.75 Å². The Labute approximate surface area is 187 Å². The lowest BCUT2D eigenvalue weighted by molar-refractivity contribution is -0.137. The highest BCUT2D eigenvalue weighted by Crippen LogP contribution is 2.45. The van der Waals surface area contributed by atoms with Crippen molar-refractivity contribution >= 4 is 11.6 Å². The third kappa shape index (κ3) is 5.20. The molecule has 1 aliphatic heterocycles. The topological polar surface area (TPSA) is 12.5 Å². The van der Waals surface area contributed by atoms with Gasteiger partial charge in [0.05, 0.1) is 11.7 Å². The second-order valence-electron chi connectivity index (χ2n) is 9.12. The van der Waals surface area contributed by atoms with Gasteiger partial charge in [-0.2, -0.15) is 13.2 Å². The van der Waals surface area contributed by atoms with E-state index in [9.17, 15) is 13.2 Å². The smallest absolute Gasteiger partial charge is 0.416 e. The fourth-order valence-corrected chi connectivity index (χ4v) is 5.15. The van der Waals surface area contributed by atoms with Crippen LogP contribution in [0.2, 0.25) is 5.02 Å². The third-order valence-electron chi connectivity index (χ3n) is 7.00. The normalized spacial score (nSPS) is 22.5. The minimum Gasteiger partial charge on any atom is -0.490 e. The molecule has 0 radical (unpaired) electrons. The Hall–Kier alpha value is -1.72. The number of rotatable bonds is 6. The van der Waals surface area contributed by atoms with Gasteiger partial charge in [-0.3, -0.25) is 0 Å². The van der Waals surface area contributed by atoms with Crippen LogP contribution >= 0.6 is 11.6 Å². The van der Waals surface area contributed by atoms with E-state index in [1.807, 2.05) is 19.1 Å². The molecule has 2 nitrogen and oxygen atoms in total. The largest absolute Gasteiger partial charge is 0.490 e. The summed E-state index contributed by atoms with van der Waals surface area (Å²) >= 11 is 6.09. The van der Waals surface area contributed by atoms with Gasteiger partial charge in [-0.05, 0) is 81.1 Å². The van der Waals surface area contributed by atoms with Crippen molar-refractivity contribution in [2.24, 2.45) is 5.92 Å². The second kappa shape index (κ2) is 9.03. The molecule has 0 spiro atoms. The molecule has 2 aromatic rings. The Balaban J connectivity index is 1.37. The molecule has 0 aromatic heterocycles. The van der Waals surface area contributed by atoms with Gasteiger partial charge in [0.15, 0.2) is 0 Å². The quantitative estimate of drug-likeness (QED) is 0.470. The van der Waals surface area contributed by atoms with E-state index in [4.69, 9.17) is 16.3 Å². The lowest BCUT2D eigenvalue weighted by Gasteiger charge is -2.48. The monoisotopic (exact) mass is 451 g/mol. The number of ether oxygens (including phenoxy) is 1. The van der Waals surface area contributed by atoms with Gasteiger partial charge in [0.2, 0.25) is 0 Å². The molecule has 0 bridgehead atoms. The fraction of sp³-hybridized carbons (Fsp3) is 0.520. The summed E-state index contributed by atoms with van der Waals surface area (Å²) in [5.74, 6) is 0.854. The number of hydrogen-bond acceptors (Lipinski definition) is 2. The molecule has 31 heavy (non-hydrogen) atoms. The standard InChI is InChI=1S/C25H29ClF3NO/c1-18(31-23-11-7-21(8-12-23)25(27,28)29)19-4-2-15-30(16-19)17-24(13-3-14-24)20-5-9-22(26)10-6-20/h5-12,18-19H,2-4,13-17H2,1H3/t18-,19?/m0/s1. The van der Waals surface area contributed by atoms with Gasteiger partial charge >= 0.3 is 6.18 Å². The van der Waals surface area contributed by atoms with Gasteiger partial charge in [-0.15, -0.1) is 0 Å². The molecule has 1 aliphatic carbocycles. The zero-order valence-electron chi connectivity index (χ0n) is 17.8. The maximum Gasteiger partial charge on any atom is 0.416 e. The minimum absolute atomic E-state index is 0.0487. The first-order valence-electron chi connectivity index (χ1n) is 11.1. The average molecular weight is 452 g/mol. The number of benzene rings is 2. The Morgan fingerprint density at radius 3 is 2.32 bits per heavy atom. The molecule has 1 unspecified atom stereocenters. The number of hydrogen-bond donors (Lipinski definition) is 0. The summed E-state index contributed by atoms with van der Waals surface area (Å²) in [7, 11) is 0. The van der Waals surface area contributed by atoms with E-state index >= 15 is 0 Å². The van der Waals surface area contributed by atoms with Crippen molar-refractivity contribution in [2.45, 2.75) is 56.7 Å². The van der Waals surface area contributed by atoms with Gasteiger partial charge in [-0.25, -0.2) is 0 Å². The first-order chi connectivity index (χ1) is 14.7. The molecule has 2 fully saturated rings. The van der Waals surface area contributed by atoms with Crippen LogP contribution in [0.3, 0.4) is 0 Å². The Kier molecular flexibility index (Phi) is 6.55. The summed E-state index contributed by atoms with van der Waals surface area (Å²) in [4.78, 5) is 2.55. The molecular formula is C25H29ClF3NO. The number of nitrogens with zero attached hydrogens (tertiary/aromatic N) is 1. The Morgan fingerprint density at radius 1 is 1.06 bits per heavy atom. The first-order valence-corrected chi connectivity index (χ1v) is 11.5. The second-order valence-corrected chi connectivity index (χ2v) is 9.56. The zero-order valence-corrected chi connectivity index (χ0v) is 18.6. The highest BCUT2D eigenvalue weighted by atomic mass is 35.5. The summed E-state index contributed by atoms with van der Waals surface area (Å²) in [5.41, 5.74) is 0.938. The lowest BCUT2D eigenvalue weighted by Crippen LogP contribution is -2.50. The van der Waals surface area contributed by atoms with Crippen molar-refractivity contribution in [1.82, 2.24) is 4.90 Å². The summed E-state index contributed by atoms with van der Waals surface area (Å²) in [6, 6.07) is 13.3. The number of alkyl halides is 3. The summed E-state index contributed by atoms with van der Waals surface area (Å²) in [6.45, 7) is 5.11. The molecular weight excluding hydrogens is 423 g/mol. The summed E-state index contributed by atoms with van der Waals surface area (Å²) in [5, 5.41) is 0.769. The van der Waals surface area contributed by atoms with Crippen molar-refractivity contribution < 1.29 is 17.9 Å². The first kappa shape index (κ1) is 22.5. The van der Waals surface area contributed by atoms with Crippen molar-refractivity contribution in [1.29, 1.82) is 0 Å². The fourth-order valence-electron chi connectivity index (χ4n) is 5.02. The molecule has 0 amide bonds. The molecule has 1 saturated carbocycles. The molecule has 0 N–H and O–H groups in total. The number of piperidine rings is 1. The molecule has 2 aliphatic rings. The predicted octanol–water partition coefficient (Wildman–Crippen LogP) is 6.96. The molecule has 2 atom stereocenters. The zero-order chi connectivity index (χ0) is 22.1. The Bertz CT molecular complexity index is 862. The number of halogens is 4. The van der Waals surface area contributed by atoms with E-state index in [0.717, 1.165) is 49.6 Å².